The second-order valence-corrected chi connectivity index (χ2v) is 12.5. The van der Waals surface area contributed by atoms with E-state index in [-0.39, 0.29) is 0 Å². The Labute approximate surface area is 126 Å². The van der Waals surface area contributed by atoms with Gasteiger partial charge in [0.25, 0.3) is 10.0 Å². The predicted octanol–water partition coefficient (Wildman–Crippen LogP) is 3.35. The Morgan fingerprint density at radius 1 is 1.19 bits per heavy atom. The van der Waals surface area contributed by atoms with Crippen molar-refractivity contribution >= 4 is 34.8 Å². The minimum Gasteiger partial charge on any atom is -0.417 e. The van der Waals surface area contributed by atoms with Gasteiger partial charge in [-0.15, -0.1) is 0 Å². The molecule has 1 heterocycles. The van der Waals surface area contributed by atoms with Gasteiger partial charge in [0, 0.05) is 12.0 Å². The average molecular weight is 321 g/mol. The summed E-state index contributed by atoms with van der Waals surface area (Å²) in [6.45, 7) is 7.07. The number of rotatable bonds is 4. The monoisotopic (exact) mass is 321 g/mol. The molecule has 0 fully saturated rings. The highest BCUT2D eigenvalue weighted by Crippen LogP contribution is 2.38. The normalized spacial score (nSPS) is 16.1. The van der Waals surface area contributed by atoms with Crippen molar-refractivity contribution in [1.29, 1.82) is 0 Å². The number of hydrogen-bond acceptors (Lipinski definition) is 3. The molecule has 0 spiro atoms. The molecule has 112 valence electrons. The molecule has 0 saturated carbocycles. The third kappa shape index (κ3) is 2.83. The van der Waals surface area contributed by atoms with E-state index in [2.05, 4.69) is 30.4 Å². The fourth-order valence-corrected chi connectivity index (χ4v) is 4.65. The third-order valence-electron chi connectivity index (χ3n) is 3.46. The second kappa shape index (κ2) is 4.83. The van der Waals surface area contributed by atoms with Gasteiger partial charge in [0.2, 0.25) is 0 Å². The van der Waals surface area contributed by atoms with Crippen molar-refractivity contribution in [2.75, 3.05) is 11.3 Å². The summed E-state index contributed by atoms with van der Waals surface area (Å²) in [5.74, 6) is 0. The van der Waals surface area contributed by atoms with Crippen molar-refractivity contribution in [3.63, 3.8) is 0 Å². The quantitative estimate of drug-likeness (QED) is 0.879. The lowest BCUT2D eigenvalue weighted by Crippen LogP contribution is -2.26. The lowest BCUT2D eigenvalue weighted by molar-refractivity contribution is 0.316. The Hall–Kier alpha value is -1.37. The van der Waals surface area contributed by atoms with Crippen LogP contribution in [0.4, 0.5) is 5.69 Å². The maximum atomic E-state index is 12.2. The molecule has 0 saturated heterocycles. The highest BCUT2D eigenvalue weighted by Gasteiger charge is 2.27. The van der Waals surface area contributed by atoms with Crippen molar-refractivity contribution in [2.24, 2.45) is 0 Å². The highest BCUT2D eigenvalue weighted by atomic mass is 32.2. The van der Waals surface area contributed by atoms with Gasteiger partial charge in [0.15, 0.2) is 8.32 Å². The van der Waals surface area contributed by atoms with Crippen LogP contribution in [0.15, 0.2) is 35.2 Å². The molecule has 4 nitrogen and oxygen atoms in total. The van der Waals surface area contributed by atoms with Crippen molar-refractivity contribution in [2.45, 2.75) is 31.0 Å². The molecule has 1 aliphatic rings. The summed E-state index contributed by atoms with van der Waals surface area (Å²) in [6, 6.07) is 9.45. The fourth-order valence-electron chi connectivity index (χ4n) is 2.56. The van der Waals surface area contributed by atoms with E-state index < -0.39 is 18.3 Å². The summed E-state index contributed by atoms with van der Waals surface area (Å²) in [5.41, 5.74) is 1.67. The van der Waals surface area contributed by atoms with Crippen LogP contribution in [0.2, 0.25) is 19.6 Å². The topological polar surface area (TPSA) is 55.4 Å². The first kappa shape index (κ1) is 14.6. The minimum atomic E-state index is -3.42. The van der Waals surface area contributed by atoms with Gasteiger partial charge in [-0.3, -0.25) is 4.72 Å². The number of anilines is 1. The SMILES string of the molecule is C[Si](C)(C)OCCc1cc2c3c(cccc3c1)NS2(=O)=O. The van der Waals surface area contributed by atoms with Gasteiger partial charge in [-0.25, -0.2) is 8.42 Å². The second-order valence-electron chi connectivity index (χ2n) is 6.31. The average Bonchev–Trinajstić information content (AvgIpc) is 2.61. The lowest BCUT2D eigenvalue weighted by atomic mass is 10.0. The lowest BCUT2D eigenvalue weighted by Gasteiger charge is -2.17. The molecule has 0 unspecified atom stereocenters. The Bertz CT molecular complexity index is 810. The summed E-state index contributed by atoms with van der Waals surface area (Å²) in [5, 5.41) is 1.76. The van der Waals surface area contributed by atoms with Gasteiger partial charge in [-0.2, -0.15) is 0 Å². The van der Waals surface area contributed by atoms with E-state index in [1.807, 2.05) is 12.1 Å². The van der Waals surface area contributed by atoms with Gasteiger partial charge in [0.05, 0.1) is 10.6 Å². The zero-order valence-corrected chi connectivity index (χ0v) is 14.3. The van der Waals surface area contributed by atoms with Crippen molar-refractivity contribution in [1.82, 2.24) is 0 Å². The Morgan fingerprint density at radius 2 is 1.95 bits per heavy atom. The molecule has 0 aromatic heterocycles. The van der Waals surface area contributed by atoms with Gasteiger partial charge in [-0.1, -0.05) is 18.2 Å². The predicted molar refractivity (Wildman–Crippen MR) is 87.8 cm³/mol. The van der Waals surface area contributed by atoms with Crippen molar-refractivity contribution in [3.8, 4) is 0 Å². The van der Waals surface area contributed by atoms with Gasteiger partial charge >= 0.3 is 0 Å². The molecule has 2 aromatic rings. The summed E-state index contributed by atoms with van der Waals surface area (Å²) < 4.78 is 32.8. The van der Waals surface area contributed by atoms with E-state index in [1.54, 1.807) is 12.1 Å². The van der Waals surface area contributed by atoms with E-state index in [0.717, 1.165) is 22.8 Å². The van der Waals surface area contributed by atoms with Crippen LogP contribution >= 0.6 is 0 Å². The summed E-state index contributed by atoms with van der Waals surface area (Å²) in [6.07, 6.45) is 0.729. The standard InChI is InChI=1S/C15H19NO3SSi/c1-21(2,3)19-8-7-11-9-12-5-4-6-13-15(12)14(10-11)20(17,18)16-13/h4-6,9-10,16H,7-8H2,1-3H3. The first-order valence-corrected chi connectivity index (χ1v) is 11.9. The van der Waals surface area contributed by atoms with Crippen LogP contribution in [-0.4, -0.2) is 23.3 Å². The number of sulfonamides is 1. The molecular formula is C15H19NO3SSi. The maximum Gasteiger partial charge on any atom is 0.262 e. The van der Waals surface area contributed by atoms with Crippen LogP contribution < -0.4 is 4.72 Å². The summed E-state index contributed by atoms with van der Waals surface area (Å²) in [4.78, 5) is 0.388. The van der Waals surface area contributed by atoms with Crippen molar-refractivity contribution < 1.29 is 12.8 Å². The highest BCUT2D eigenvalue weighted by molar-refractivity contribution is 7.93. The van der Waals surface area contributed by atoms with Crippen LogP contribution in [0.3, 0.4) is 0 Å². The molecule has 21 heavy (non-hydrogen) atoms. The van der Waals surface area contributed by atoms with E-state index >= 15 is 0 Å². The molecule has 0 radical (unpaired) electrons. The smallest absolute Gasteiger partial charge is 0.262 e. The number of hydrogen-bond donors (Lipinski definition) is 1. The molecular weight excluding hydrogens is 302 g/mol. The maximum absolute atomic E-state index is 12.2. The molecule has 1 aliphatic heterocycles. The van der Waals surface area contributed by atoms with Gasteiger partial charge in [-0.05, 0) is 49.1 Å². The Kier molecular flexibility index (Phi) is 3.35. The van der Waals surface area contributed by atoms with Gasteiger partial charge < -0.3 is 4.43 Å². The molecule has 0 bridgehead atoms. The molecule has 0 atom stereocenters. The van der Waals surface area contributed by atoms with E-state index in [0.29, 0.717) is 17.2 Å². The largest absolute Gasteiger partial charge is 0.417 e. The van der Waals surface area contributed by atoms with Crippen molar-refractivity contribution in [3.05, 3.63) is 35.9 Å². The molecule has 3 rings (SSSR count). The zero-order chi connectivity index (χ0) is 15.3. The number of benzene rings is 2. The summed E-state index contributed by atoms with van der Waals surface area (Å²) in [7, 11) is -4.95. The first-order chi connectivity index (χ1) is 9.76. The van der Waals surface area contributed by atoms with E-state index in [1.165, 1.54) is 0 Å². The van der Waals surface area contributed by atoms with Crippen LogP contribution in [0.5, 0.6) is 0 Å². The first-order valence-electron chi connectivity index (χ1n) is 6.99. The third-order valence-corrected chi connectivity index (χ3v) is 5.92. The minimum absolute atomic E-state index is 0.388. The van der Waals surface area contributed by atoms with Crippen LogP contribution in [-0.2, 0) is 20.9 Å². The fraction of sp³-hybridized carbons (Fsp3) is 0.333. The Morgan fingerprint density at radius 3 is 2.67 bits per heavy atom. The summed E-state index contributed by atoms with van der Waals surface area (Å²) >= 11 is 0. The van der Waals surface area contributed by atoms with Crippen LogP contribution in [0.1, 0.15) is 5.56 Å². The van der Waals surface area contributed by atoms with E-state index in [9.17, 15) is 8.42 Å². The van der Waals surface area contributed by atoms with Gasteiger partial charge in [0.1, 0.15) is 0 Å². The zero-order valence-electron chi connectivity index (χ0n) is 12.4. The molecule has 6 heteroatoms. The number of nitrogens with one attached hydrogen (secondary N) is 1. The van der Waals surface area contributed by atoms with Crippen LogP contribution in [0, 0.1) is 0 Å². The van der Waals surface area contributed by atoms with Crippen LogP contribution in [0.25, 0.3) is 10.8 Å². The van der Waals surface area contributed by atoms with E-state index in [4.69, 9.17) is 4.43 Å². The molecule has 0 aliphatic carbocycles. The Balaban J connectivity index is 1.98. The molecule has 0 amide bonds. The molecule has 1 N–H and O–H groups in total. The molecule has 2 aromatic carbocycles.